The van der Waals surface area contributed by atoms with Gasteiger partial charge in [-0.15, -0.1) is 0 Å². The molecule has 7 nitrogen and oxygen atoms in total. The van der Waals surface area contributed by atoms with E-state index in [1.165, 1.54) is 19.2 Å². The number of hydrogen-bond acceptors (Lipinski definition) is 6. The highest BCUT2D eigenvalue weighted by Gasteiger charge is 2.24. The van der Waals surface area contributed by atoms with E-state index in [4.69, 9.17) is 9.15 Å². The molecule has 0 N–H and O–H groups in total. The minimum atomic E-state index is -0.410. The smallest absolute Gasteiger partial charge is 0.337 e. The van der Waals surface area contributed by atoms with Gasteiger partial charge in [-0.2, -0.15) is 0 Å². The first-order valence-electron chi connectivity index (χ1n) is 10.7. The zero-order valence-electron chi connectivity index (χ0n) is 18.3. The Morgan fingerprint density at radius 2 is 1.64 bits per heavy atom. The summed E-state index contributed by atoms with van der Waals surface area (Å²) in [5.74, 6) is 0.585. The van der Waals surface area contributed by atoms with E-state index in [1.807, 2.05) is 0 Å². The van der Waals surface area contributed by atoms with E-state index in [1.54, 1.807) is 53.4 Å². The average molecular weight is 452 g/mol. The molecule has 2 heterocycles. The lowest BCUT2D eigenvalue weighted by atomic mass is 10.2. The van der Waals surface area contributed by atoms with Crippen LogP contribution in [0.15, 0.2) is 65.1 Å². The third kappa shape index (κ3) is 5.78. The topological polar surface area (TPSA) is 72.2 Å². The highest BCUT2D eigenvalue weighted by atomic mass is 19.1. The monoisotopic (exact) mass is 452 g/mol. The lowest BCUT2D eigenvalue weighted by Gasteiger charge is -2.34. The zero-order valence-corrected chi connectivity index (χ0v) is 18.3. The van der Waals surface area contributed by atoms with Gasteiger partial charge < -0.3 is 18.8 Å². The Labute approximate surface area is 191 Å². The fourth-order valence-electron chi connectivity index (χ4n) is 3.64. The summed E-state index contributed by atoms with van der Waals surface area (Å²) in [5, 5.41) is 0. The molecule has 0 radical (unpaired) electrons. The molecular weight excluding hydrogens is 427 g/mol. The number of rotatable bonds is 7. The molecule has 33 heavy (non-hydrogen) atoms. The number of esters is 1. The molecular formula is C25H25FN2O5. The predicted molar refractivity (Wildman–Crippen MR) is 118 cm³/mol. The van der Waals surface area contributed by atoms with Crippen LogP contribution in [0.1, 0.15) is 32.2 Å². The molecule has 1 saturated heterocycles. The van der Waals surface area contributed by atoms with E-state index in [0.717, 1.165) is 25.2 Å². The molecule has 2 aromatic carbocycles. The van der Waals surface area contributed by atoms with Crippen LogP contribution in [-0.2, 0) is 17.9 Å². The normalized spacial score (nSPS) is 14.2. The van der Waals surface area contributed by atoms with Crippen molar-refractivity contribution in [3.05, 3.63) is 89.1 Å². The largest absolute Gasteiger partial charge is 0.486 e. The Morgan fingerprint density at radius 1 is 0.939 bits per heavy atom. The summed E-state index contributed by atoms with van der Waals surface area (Å²) in [6.45, 7) is 3.56. The minimum absolute atomic E-state index is 0.148. The Morgan fingerprint density at radius 3 is 2.30 bits per heavy atom. The second-order valence-corrected chi connectivity index (χ2v) is 7.77. The first-order chi connectivity index (χ1) is 16.0. The molecule has 0 bridgehead atoms. The number of methoxy groups -OCH3 is 1. The van der Waals surface area contributed by atoms with Crippen LogP contribution in [0.2, 0.25) is 0 Å². The van der Waals surface area contributed by atoms with Crippen LogP contribution in [0.3, 0.4) is 0 Å². The number of hydrogen-bond donors (Lipinski definition) is 0. The number of carbonyl (C=O) groups excluding carboxylic acids is 2. The Bertz CT molecular complexity index is 1090. The van der Waals surface area contributed by atoms with Crippen LogP contribution in [-0.4, -0.2) is 55.0 Å². The molecule has 0 atom stereocenters. The van der Waals surface area contributed by atoms with Crippen molar-refractivity contribution in [3.8, 4) is 5.75 Å². The van der Waals surface area contributed by atoms with E-state index >= 15 is 0 Å². The molecule has 3 aromatic rings. The van der Waals surface area contributed by atoms with Crippen LogP contribution in [0.25, 0.3) is 0 Å². The van der Waals surface area contributed by atoms with Crippen molar-refractivity contribution in [1.29, 1.82) is 0 Å². The van der Waals surface area contributed by atoms with E-state index in [0.29, 0.717) is 30.2 Å². The van der Waals surface area contributed by atoms with Crippen LogP contribution >= 0.6 is 0 Å². The molecule has 1 amide bonds. The minimum Gasteiger partial charge on any atom is -0.486 e. The maximum Gasteiger partial charge on any atom is 0.337 e. The molecule has 0 saturated carbocycles. The third-order valence-electron chi connectivity index (χ3n) is 5.51. The Kier molecular flexibility index (Phi) is 7.04. The first kappa shape index (κ1) is 22.5. The average Bonchev–Trinajstić information content (AvgIpc) is 3.33. The highest BCUT2D eigenvalue weighted by Crippen LogP contribution is 2.18. The molecule has 172 valence electrons. The molecule has 0 spiro atoms. The van der Waals surface area contributed by atoms with E-state index < -0.39 is 5.97 Å². The van der Waals surface area contributed by atoms with Gasteiger partial charge in [-0.05, 0) is 54.1 Å². The van der Waals surface area contributed by atoms with Gasteiger partial charge in [-0.1, -0.05) is 12.1 Å². The summed E-state index contributed by atoms with van der Waals surface area (Å²) in [6, 6.07) is 16.5. The van der Waals surface area contributed by atoms with E-state index in [9.17, 15) is 14.0 Å². The molecule has 1 fully saturated rings. The van der Waals surface area contributed by atoms with Crippen molar-refractivity contribution in [2.24, 2.45) is 0 Å². The molecule has 1 aliphatic heterocycles. The fraction of sp³-hybridized carbons (Fsp3) is 0.280. The number of benzene rings is 2. The van der Waals surface area contributed by atoms with Gasteiger partial charge in [0, 0.05) is 32.7 Å². The molecule has 1 aromatic heterocycles. The number of carbonyl (C=O) groups is 2. The number of nitrogens with zero attached hydrogens (tertiary/aromatic N) is 2. The third-order valence-corrected chi connectivity index (χ3v) is 5.51. The number of furan rings is 1. The highest BCUT2D eigenvalue weighted by molar-refractivity contribution is 5.91. The van der Waals surface area contributed by atoms with Gasteiger partial charge in [0.2, 0.25) is 0 Å². The lowest BCUT2D eigenvalue weighted by molar-refractivity contribution is 0.0590. The van der Waals surface area contributed by atoms with Gasteiger partial charge in [-0.3, -0.25) is 9.69 Å². The summed E-state index contributed by atoms with van der Waals surface area (Å²) in [7, 11) is 1.33. The van der Waals surface area contributed by atoms with E-state index in [2.05, 4.69) is 9.64 Å². The predicted octanol–water partition coefficient (Wildman–Crippen LogP) is 3.74. The van der Waals surface area contributed by atoms with Crippen molar-refractivity contribution in [2.75, 3.05) is 33.3 Å². The number of amides is 1. The van der Waals surface area contributed by atoms with E-state index in [-0.39, 0.29) is 24.1 Å². The van der Waals surface area contributed by atoms with Crippen molar-refractivity contribution < 1.29 is 27.9 Å². The van der Waals surface area contributed by atoms with Gasteiger partial charge in [0.1, 0.15) is 23.9 Å². The molecule has 8 heteroatoms. The maximum atomic E-state index is 13.1. The second-order valence-electron chi connectivity index (χ2n) is 7.77. The summed E-state index contributed by atoms with van der Waals surface area (Å²) in [6.07, 6.45) is 0. The van der Waals surface area contributed by atoms with Gasteiger partial charge in [-0.25, -0.2) is 9.18 Å². The Hall–Kier alpha value is -3.65. The van der Waals surface area contributed by atoms with Crippen LogP contribution in [0.4, 0.5) is 4.39 Å². The van der Waals surface area contributed by atoms with Crippen LogP contribution < -0.4 is 4.74 Å². The quantitative estimate of drug-likeness (QED) is 0.509. The van der Waals surface area contributed by atoms with Gasteiger partial charge in [0.25, 0.3) is 5.91 Å². The summed E-state index contributed by atoms with van der Waals surface area (Å²) in [4.78, 5) is 28.3. The maximum absolute atomic E-state index is 13.1. The number of halogens is 1. The summed E-state index contributed by atoms with van der Waals surface area (Å²) < 4.78 is 29.1. The first-order valence-corrected chi connectivity index (χ1v) is 10.7. The standard InChI is InChI=1S/C25H25FN2O5/c1-31-25(30)19-4-8-21(9-5-19)32-17-22-10-11-23(33-22)24(29)28-14-12-27(13-15-28)16-18-2-6-20(26)7-3-18/h2-11H,12-17H2,1H3. The van der Waals surface area contributed by atoms with Gasteiger partial charge in [0.15, 0.2) is 5.76 Å². The van der Waals surface area contributed by atoms with Crippen LogP contribution in [0.5, 0.6) is 5.75 Å². The van der Waals surface area contributed by atoms with Gasteiger partial charge >= 0.3 is 5.97 Å². The fourth-order valence-corrected chi connectivity index (χ4v) is 3.64. The lowest BCUT2D eigenvalue weighted by Crippen LogP contribution is -2.48. The summed E-state index contributed by atoms with van der Waals surface area (Å²) in [5.41, 5.74) is 1.49. The summed E-state index contributed by atoms with van der Waals surface area (Å²) >= 11 is 0. The Balaban J connectivity index is 1.25. The number of ether oxygens (including phenoxy) is 2. The van der Waals surface area contributed by atoms with Crippen molar-refractivity contribution >= 4 is 11.9 Å². The van der Waals surface area contributed by atoms with Crippen molar-refractivity contribution in [2.45, 2.75) is 13.2 Å². The SMILES string of the molecule is COC(=O)c1ccc(OCc2ccc(C(=O)N3CCN(Cc4ccc(F)cc4)CC3)o2)cc1. The number of piperazine rings is 1. The molecule has 1 aliphatic rings. The second kappa shape index (κ2) is 10.3. The molecule has 0 aliphatic carbocycles. The molecule has 0 unspecified atom stereocenters. The van der Waals surface area contributed by atoms with Crippen molar-refractivity contribution in [3.63, 3.8) is 0 Å². The van der Waals surface area contributed by atoms with Crippen molar-refractivity contribution in [1.82, 2.24) is 9.80 Å². The van der Waals surface area contributed by atoms with Crippen LogP contribution in [0, 0.1) is 5.82 Å². The zero-order chi connectivity index (χ0) is 23.2. The molecule has 4 rings (SSSR count). The van der Waals surface area contributed by atoms with Gasteiger partial charge in [0.05, 0.1) is 12.7 Å².